The molecule has 7 heteroatoms. The lowest BCUT2D eigenvalue weighted by Gasteiger charge is -2.06. The third-order valence-electron chi connectivity index (χ3n) is 3.28. The van der Waals surface area contributed by atoms with Gasteiger partial charge in [-0.3, -0.25) is 0 Å². The van der Waals surface area contributed by atoms with E-state index >= 15 is 0 Å². The van der Waals surface area contributed by atoms with Crippen LogP contribution in [-0.2, 0) is 0 Å². The van der Waals surface area contributed by atoms with Crippen LogP contribution in [0.5, 0.6) is 11.5 Å². The first-order valence-corrected chi connectivity index (χ1v) is 6.30. The highest BCUT2D eigenvalue weighted by molar-refractivity contribution is 5.83. The van der Waals surface area contributed by atoms with Crippen molar-refractivity contribution in [1.29, 1.82) is 0 Å². The van der Waals surface area contributed by atoms with E-state index in [0.29, 0.717) is 22.5 Å². The van der Waals surface area contributed by atoms with Crippen molar-refractivity contribution in [3.05, 3.63) is 41.7 Å². The highest BCUT2D eigenvalue weighted by atomic mass is 19.2. The van der Waals surface area contributed by atoms with Crippen molar-refractivity contribution >= 4 is 11.0 Å². The molecule has 4 nitrogen and oxygen atoms in total. The minimum atomic E-state index is -1.53. The summed E-state index contributed by atoms with van der Waals surface area (Å²) < 4.78 is 50.5. The summed E-state index contributed by atoms with van der Waals surface area (Å²) in [5.41, 5.74) is 0.876. The third-order valence-corrected chi connectivity index (χ3v) is 3.28. The van der Waals surface area contributed by atoms with Gasteiger partial charge in [0.1, 0.15) is 5.82 Å². The molecule has 0 amide bonds. The van der Waals surface area contributed by atoms with Crippen LogP contribution in [0, 0.1) is 17.5 Å². The van der Waals surface area contributed by atoms with Crippen LogP contribution in [0.4, 0.5) is 13.2 Å². The number of aromatic amines is 1. The number of halogens is 3. The predicted octanol–water partition coefficient (Wildman–Crippen LogP) is 3.66. The van der Waals surface area contributed by atoms with Gasteiger partial charge in [0.05, 0.1) is 30.8 Å². The number of methoxy groups -OCH3 is 2. The van der Waals surface area contributed by atoms with Crippen LogP contribution in [0.15, 0.2) is 24.3 Å². The molecule has 0 saturated heterocycles. The summed E-state index contributed by atoms with van der Waals surface area (Å²) in [6.07, 6.45) is 0. The molecule has 114 valence electrons. The second-order valence-electron chi connectivity index (χ2n) is 4.53. The Morgan fingerprint density at radius 1 is 0.955 bits per heavy atom. The van der Waals surface area contributed by atoms with Crippen molar-refractivity contribution in [2.75, 3.05) is 14.2 Å². The molecule has 3 rings (SSSR count). The number of benzene rings is 2. The third kappa shape index (κ3) is 2.14. The summed E-state index contributed by atoms with van der Waals surface area (Å²) in [6, 6.07) is 5.20. The number of hydrogen-bond donors (Lipinski definition) is 1. The van der Waals surface area contributed by atoms with Crippen molar-refractivity contribution in [1.82, 2.24) is 9.97 Å². The lowest BCUT2D eigenvalue weighted by molar-refractivity contribution is 0.356. The Hall–Kier alpha value is -2.70. The van der Waals surface area contributed by atoms with Crippen LogP contribution < -0.4 is 9.47 Å². The van der Waals surface area contributed by atoms with Gasteiger partial charge in [-0.15, -0.1) is 0 Å². The molecule has 0 spiro atoms. The van der Waals surface area contributed by atoms with Gasteiger partial charge in [-0.25, -0.2) is 18.2 Å². The molecule has 0 unspecified atom stereocenters. The lowest BCUT2D eigenvalue weighted by Crippen LogP contribution is -1.94. The normalized spacial score (nSPS) is 11.0. The zero-order valence-electron chi connectivity index (χ0n) is 11.7. The van der Waals surface area contributed by atoms with E-state index in [4.69, 9.17) is 9.47 Å². The number of fused-ring (bicyclic) bond motifs is 1. The first-order valence-electron chi connectivity index (χ1n) is 6.30. The molecule has 1 heterocycles. The van der Waals surface area contributed by atoms with Gasteiger partial charge in [-0.1, -0.05) is 0 Å². The minimum Gasteiger partial charge on any atom is -0.493 e. The van der Waals surface area contributed by atoms with Crippen molar-refractivity contribution < 1.29 is 22.6 Å². The fraction of sp³-hybridized carbons (Fsp3) is 0.133. The first-order chi connectivity index (χ1) is 10.5. The molecule has 3 aromatic rings. The van der Waals surface area contributed by atoms with Gasteiger partial charge in [-0.05, 0) is 12.1 Å². The number of hydrogen-bond acceptors (Lipinski definition) is 3. The smallest absolute Gasteiger partial charge is 0.195 e. The largest absolute Gasteiger partial charge is 0.493 e. The number of H-pyrrole nitrogens is 1. The van der Waals surface area contributed by atoms with E-state index in [2.05, 4.69) is 9.97 Å². The Balaban J connectivity index is 2.19. The van der Waals surface area contributed by atoms with Crippen molar-refractivity contribution in [2.45, 2.75) is 0 Å². The van der Waals surface area contributed by atoms with E-state index in [-0.39, 0.29) is 11.4 Å². The predicted molar refractivity (Wildman–Crippen MR) is 74.5 cm³/mol. The monoisotopic (exact) mass is 308 g/mol. The lowest BCUT2D eigenvalue weighted by atomic mass is 10.2. The average molecular weight is 308 g/mol. The van der Waals surface area contributed by atoms with Gasteiger partial charge >= 0.3 is 0 Å². The SMILES string of the molecule is COc1cc2nc(-c3ccc(F)c(F)c3F)[nH]c2cc1OC. The van der Waals surface area contributed by atoms with Gasteiger partial charge < -0.3 is 14.5 Å². The van der Waals surface area contributed by atoms with Crippen LogP contribution in [-0.4, -0.2) is 24.2 Å². The van der Waals surface area contributed by atoms with Crippen molar-refractivity contribution in [3.8, 4) is 22.9 Å². The summed E-state index contributed by atoms with van der Waals surface area (Å²) in [5, 5.41) is 0. The molecule has 0 aliphatic rings. The number of nitrogens with one attached hydrogen (secondary N) is 1. The van der Waals surface area contributed by atoms with E-state index in [9.17, 15) is 13.2 Å². The van der Waals surface area contributed by atoms with Crippen molar-refractivity contribution in [2.24, 2.45) is 0 Å². The Kier molecular flexibility index (Phi) is 3.40. The number of aromatic nitrogens is 2. The summed E-state index contributed by atoms with van der Waals surface area (Å²) in [5.74, 6) is -3.07. The molecule has 0 aliphatic heterocycles. The molecule has 0 saturated carbocycles. The number of ether oxygens (including phenoxy) is 2. The van der Waals surface area contributed by atoms with E-state index < -0.39 is 17.5 Å². The van der Waals surface area contributed by atoms with E-state index in [1.54, 1.807) is 12.1 Å². The second-order valence-corrected chi connectivity index (χ2v) is 4.53. The molecule has 0 aliphatic carbocycles. The highest BCUT2D eigenvalue weighted by Crippen LogP contribution is 2.33. The molecular weight excluding hydrogens is 297 g/mol. The summed E-state index contributed by atoms with van der Waals surface area (Å²) in [4.78, 5) is 7.03. The topological polar surface area (TPSA) is 47.1 Å². The molecule has 1 N–H and O–H groups in total. The summed E-state index contributed by atoms with van der Waals surface area (Å²) in [7, 11) is 2.96. The fourth-order valence-corrected chi connectivity index (χ4v) is 2.17. The van der Waals surface area contributed by atoms with E-state index in [0.717, 1.165) is 12.1 Å². The Morgan fingerprint density at radius 3 is 2.32 bits per heavy atom. The standard InChI is InChI=1S/C15H11F3N2O2/c1-21-11-5-9-10(6-12(11)22-2)20-15(19-9)7-3-4-8(16)14(18)13(7)17/h3-6H,1-2H3,(H,19,20). The average Bonchev–Trinajstić information content (AvgIpc) is 2.93. The van der Waals surface area contributed by atoms with Crippen LogP contribution in [0.1, 0.15) is 0 Å². The molecule has 1 aromatic heterocycles. The summed E-state index contributed by atoms with van der Waals surface area (Å²) in [6.45, 7) is 0. The number of nitrogens with zero attached hydrogens (tertiary/aromatic N) is 1. The molecule has 0 bridgehead atoms. The highest BCUT2D eigenvalue weighted by Gasteiger charge is 2.18. The van der Waals surface area contributed by atoms with Gasteiger partial charge in [-0.2, -0.15) is 0 Å². The van der Waals surface area contributed by atoms with Gasteiger partial charge in [0.2, 0.25) is 0 Å². The zero-order chi connectivity index (χ0) is 15.9. The second kappa shape index (κ2) is 5.25. The molecule has 0 atom stereocenters. The van der Waals surface area contributed by atoms with Crippen LogP contribution >= 0.6 is 0 Å². The first kappa shape index (κ1) is 14.2. The Morgan fingerprint density at radius 2 is 1.64 bits per heavy atom. The van der Waals surface area contributed by atoms with Gasteiger partial charge in [0, 0.05) is 12.1 Å². The van der Waals surface area contributed by atoms with E-state index in [1.807, 2.05) is 0 Å². The van der Waals surface area contributed by atoms with Crippen molar-refractivity contribution in [3.63, 3.8) is 0 Å². The maximum absolute atomic E-state index is 13.8. The van der Waals surface area contributed by atoms with Crippen LogP contribution in [0.25, 0.3) is 22.4 Å². The maximum Gasteiger partial charge on any atom is 0.195 e. The summed E-state index contributed by atoms with van der Waals surface area (Å²) >= 11 is 0. The number of rotatable bonds is 3. The molecule has 0 radical (unpaired) electrons. The van der Waals surface area contributed by atoms with Gasteiger partial charge in [0.25, 0.3) is 0 Å². The molecule has 2 aromatic carbocycles. The zero-order valence-corrected chi connectivity index (χ0v) is 11.7. The molecule has 22 heavy (non-hydrogen) atoms. The molecule has 0 fully saturated rings. The Labute approximate surface area is 123 Å². The maximum atomic E-state index is 13.8. The quantitative estimate of drug-likeness (QED) is 0.751. The van der Waals surface area contributed by atoms with Gasteiger partial charge in [0.15, 0.2) is 29.0 Å². The molecular formula is C15H11F3N2O2. The van der Waals surface area contributed by atoms with E-state index in [1.165, 1.54) is 14.2 Å². The van der Waals surface area contributed by atoms with Crippen LogP contribution in [0.2, 0.25) is 0 Å². The number of imidazole rings is 1. The minimum absolute atomic E-state index is 0.0849. The Bertz CT molecular complexity index is 821. The van der Waals surface area contributed by atoms with Crippen LogP contribution in [0.3, 0.4) is 0 Å². The fourth-order valence-electron chi connectivity index (χ4n) is 2.17.